The number of hydrogen-bond donors (Lipinski definition) is 2. The van der Waals surface area contributed by atoms with E-state index in [0.29, 0.717) is 12.1 Å². The number of nitrogens with one attached hydrogen (secondary N) is 2. The lowest BCUT2D eigenvalue weighted by atomic mass is 10.1. The van der Waals surface area contributed by atoms with Gasteiger partial charge in [0.05, 0.1) is 12.0 Å². The minimum atomic E-state index is -0.308. The zero-order valence-electron chi connectivity index (χ0n) is 17.3. The topological polar surface area (TPSA) is 73.4 Å². The molecule has 1 heterocycles. The van der Waals surface area contributed by atoms with Gasteiger partial charge in [-0.05, 0) is 47.5 Å². The van der Waals surface area contributed by atoms with Gasteiger partial charge in [-0.15, -0.1) is 0 Å². The predicted molar refractivity (Wildman–Crippen MR) is 132 cm³/mol. The van der Waals surface area contributed by atoms with Crippen LogP contribution in [0.1, 0.15) is 16.1 Å². The van der Waals surface area contributed by atoms with Crippen LogP contribution in [0, 0.1) is 0 Å². The molecule has 0 aliphatic heterocycles. The molecule has 32 heavy (non-hydrogen) atoms. The first-order valence-electron chi connectivity index (χ1n) is 10.2. The fourth-order valence-corrected chi connectivity index (χ4v) is 3.44. The number of carbonyl (C=O) groups excluding carboxylic acids is 1. The van der Waals surface area contributed by atoms with Gasteiger partial charge in [0.1, 0.15) is 6.34 Å². The quantitative estimate of drug-likeness (QED) is 0.202. The maximum Gasteiger partial charge on any atom is 0.278 e. The Balaban J connectivity index is 1.55. The Morgan fingerprint density at radius 3 is 2.56 bits per heavy atom. The van der Waals surface area contributed by atoms with E-state index in [1.165, 1.54) is 6.34 Å². The van der Waals surface area contributed by atoms with Gasteiger partial charge in [-0.1, -0.05) is 58.4 Å². The second-order valence-electron chi connectivity index (χ2n) is 7.08. The molecule has 7 heteroatoms. The number of amides is 1. The third-order valence-electron chi connectivity index (χ3n) is 4.84. The molecule has 4 rings (SSSR count). The fraction of sp³-hybridized carbons (Fsp3) is 0.0800. The summed E-state index contributed by atoms with van der Waals surface area (Å²) in [5, 5.41) is 1.78. The molecule has 1 amide bonds. The van der Waals surface area contributed by atoms with Crippen molar-refractivity contribution < 1.29 is 4.79 Å². The zero-order valence-corrected chi connectivity index (χ0v) is 18.9. The summed E-state index contributed by atoms with van der Waals surface area (Å²) in [6, 6.07) is 25.4. The Kier molecular flexibility index (Phi) is 7.22. The van der Waals surface area contributed by atoms with Gasteiger partial charge in [0.25, 0.3) is 5.91 Å². The summed E-state index contributed by atoms with van der Waals surface area (Å²) in [5.41, 5.74) is 7.98. The molecule has 0 aliphatic rings. The van der Waals surface area contributed by atoms with Crippen molar-refractivity contribution in [3.63, 3.8) is 0 Å². The van der Waals surface area contributed by atoms with Crippen LogP contribution < -0.4 is 10.4 Å². The van der Waals surface area contributed by atoms with Crippen molar-refractivity contribution in [3.8, 4) is 11.1 Å². The van der Waals surface area contributed by atoms with Crippen LogP contribution in [0.4, 0.5) is 5.69 Å². The second kappa shape index (κ2) is 10.7. The molecule has 2 N–H and O–H groups in total. The van der Waals surface area contributed by atoms with Crippen LogP contribution in [0.25, 0.3) is 11.1 Å². The summed E-state index contributed by atoms with van der Waals surface area (Å²) in [6.07, 6.45) is 5.74. The standard InChI is InChI=1S/C25H22BrN5O/c26-22-11-9-20(10-12-22)25(32)29-18-31(30-14-13-23-16-27-17-28-23)24-8-4-7-21(15-24)19-5-2-1-3-6-19/h1-12,15-18,30H,13-14H2,(H,27,28). The lowest BCUT2D eigenvalue weighted by Gasteiger charge is -2.21. The minimum Gasteiger partial charge on any atom is -0.348 e. The van der Waals surface area contributed by atoms with Crippen LogP contribution in [-0.4, -0.2) is 28.8 Å². The van der Waals surface area contributed by atoms with Crippen molar-refractivity contribution in [2.75, 3.05) is 11.6 Å². The maximum absolute atomic E-state index is 12.6. The van der Waals surface area contributed by atoms with E-state index in [9.17, 15) is 4.79 Å². The van der Waals surface area contributed by atoms with Gasteiger partial charge in [0.15, 0.2) is 0 Å². The summed E-state index contributed by atoms with van der Waals surface area (Å²) in [6.45, 7) is 0.635. The van der Waals surface area contributed by atoms with E-state index in [1.807, 2.05) is 42.5 Å². The molecule has 0 saturated heterocycles. The normalized spacial score (nSPS) is 11.0. The van der Waals surface area contributed by atoms with Gasteiger partial charge in [-0.25, -0.2) is 10.4 Å². The molecule has 1 aromatic heterocycles. The third kappa shape index (κ3) is 5.78. The van der Waals surface area contributed by atoms with Crippen LogP contribution in [0.5, 0.6) is 0 Å². The first-order valence-corrected chi connectivity index (χ1v) is 11.0. The zero-order chi connectivity index (χ0) is 22.2. The molecule has 160 valence electrons. The number of aliphatic imine (C=N–C) groups is 1. The molecule has 0 atom stereocenters. The summed E-state index contributed by atoms with van der Waals surface area (Å²) >= 11 is 3.38. The number of anilines is 1. The minimum absolute atomic E-state index is 0.308. The largest absolute Gasteiger partial charge is 0.348 e. The number of H-pyrrole nitrogens is 1. The number of carbonyl (C=O) groups is 1. The van der Waals surface area contributed by atoms with Crippen molar-refractivity contribution in [2.45, 2.75) is 6.42 Å². The summed E-state index contributed by atoms with van der Waals surface area (Å²) in [7, 11) is 0. The molecule has 0 spiro atoms. The number of rotatable bonds is 8. The van der Waals surface area contributed by atoms with Gasteiger partial charge < -0.3 is 4.98 Å². The van der Waals surface area contributed by atoms with Gasteiger partial charge in [-0.2, -0.15) is 4.99 Å². The Hall–Kier alpha value is -3.55. The molecule has 4 aromatic rings. The maximum atomic E-state index is 12.6. The smallest absolute Gasteiger partial charge is 0.278 e. The highest BCUT2D eigenvalue weighted by Crippen LogP contribution is 2.23. The molecule has 6 nitrogen and oxygen atoms in total. The molecule has 0 radical (unpaired) electrons. The van der Waals surface area contributed by atoms with E-state index in [4.69, 9.17) is 0 Å². The van der Waals surface area contributed by atoms with Crippen LogP contribution in [0.3, 0.4) is 0 Å². The molecule has 0 unspecified atom stereocenters. The van der Waals surface area contributed by atoms with Crippen LogP contribution >= 0.6 is 15.9 Å². The van der Waals surface area contributed by atoms with Crippen molar-refractivity contribution in [1.82, 2.24) is 15.4 Å². The second-order valence-corrected chi connectivity index (χ2v) is 7.99. The Morgan fingerprint density at radius 1 is 1.03 bits per heavy atom. The molecule has 0 bridgehead atoms. The van der Waals surface area contributed by atoms with Gasteiger partial charge >= 0.3 is 0 Å². The van der Waals surface area contributed by atoms with Crippen molar-refractivity contribution >= 4 is 33.9 Å². The highest BCUT2D eigenvalue weighted by molar-refractivity contribution is 9.10. The number of benzene rings is 3. The van der Waals surface area contributed by atoms with Crippen LogP contribution in [-0.2, 0) is 6.42 Å². The molecule has 0 aliphatic carbocycles. The number of hydrazine groups is 1. The van der Waals surface area contributed by atoms with Gasteiger partial charge in [0, 0.05) is 34.9 Å². The van der Waals surface area contributed by atoms with E-state index < -0.39 is 0 Å². The van der Waals surface area contributed by atoms with Crippen molar-refractivity contribution in [3.05, 3.63) is 107 Å². The fourth-order valence-electron chi connectivity index (χ4n) is 3.17. The first kappa shape index (κ1) is 21.7. The van der Waals surface area contributed by atoms with E-state index in [2.05, 4.69) is 60.6 Å². The van der Waals surface area contributed by atoms with E-state index in [0.717, 1.165) is 33.4 Å². The van der Waals surface area contributed by atoms with Crippen molar-refractivity contribution in [1.29, 1.82) is 0 Å². The van der Waals surface area contributed by atoms with E-state index >= 15 is 0 Å². The lowest BCUT2D eigenvalue weighted by molar-refractivity contribution is 0.100. The third-order valence-corrected chi connectivity index (χ3v) is 5.37. The Labute approximate surface area is 195 Å². The number of nitrogens with zero attached hydrogens (tertiary/aromatic N) is 3. The SMILES string of the molecule is O=C(N=CN(NCCc1cnc[nH]1)c1cccc(-c2ccccc2)c1)c1ccc(Br)cc1. The Bertz CT molecular complexity index is 1170. The number of aromatic nitrogens is 2. The highest BCUT2D eigenvalue weighted by atomic mass is 79.9. The molecule has 3 aromatic carbocycles. The first-order chi connectivity index (χ1) is 15.7. The van der Waals surface area contributed by atoms with Crippen LogP contribution in [0.2, 0.25) is 0 Å². The van der Waals surface area contributed by atoms with Crippen LogP contribution in [0.15, 0.2) is 101 Å². The molecule has 0 fully saturated rings. The van der Waals surface area contributed by atoms with E-state index in [1.54, 1.807) is 29.7 Å². The van der Waals surface area contributed by atoms with E-state index in [-0.39, 0.29) is 5.91 Å². The van der Waals surface area contributed by atoms with Gasteiger partial charge in [0.2, 0.25) is 0 Å². The number of aromatic amines is 1. The summed E-state index contributed by atoms with van der Waals surface area (Å²) in [4.78, 5) is 23.9. The highest BCUT2D eigenvalue weighted by Gasteiger charge is 2.09. The Morgan fingerprint density at radius 2 is 1.81 bits per heavy atom. The lowest BCUT2D eigenvalue weighted by Crippen LogP contribution is -2.38. The van der Waals surface area contributed by atoms with Gasteiger partial charge in [-0.3, -0.25) is 9.80 Å². The number of hydrogen-bond acceptors (Lipinski definition) is 3. The number of imidazole rings is 1. The van der Waals surface area contributed by atoms with Crippen molar-refractivity contribution in [2.24, 2.45) is 4.99 Å². The average molecular weight is 488 g/mol. The monoisotopic (exact) mass is 487 g/mol. The molecular weight excluding hydrogens is 466 g/mol. The molecule has 0 saturated carbocycles. The summed E-state index contributed by atoms with van der Waals surface area (Å²) in [5.74, 6) is -0.308. The molecular formula is C25H22BrN5O. The average Bonchev–Trinajstić information content (AvgIpc) is 3.36. The number of halogens is 1. The predicted octanol–water partition coefficient (Wildman–Crippen LogP) is 5.26. The summed E-state index contributed by atoms with van der Waals surface area (Å²) < 4.78 is 0.915.